The normalized spacial score (nSPS) is 13.5. The number of anilines is 2. The highest BCUT2D eigenvalue weighted by Gasteiger charge is 2.41. The fourth-order valence-corrected chi connectivity index (χ4v) is 3.58. The van der Waals surface area contributed by atoms with Gasteiger partial charge >= 0.3 is 0 Å². The molecular formula is C25H20F2N2O4. The summed E-state index contributed by atoms with van der Waals surface area (Å²) >= 11 is 0. The number of carbonyl (C=O) groups is 2. The number of nitrogens with one attached hydrogen (secondary N) is 1. The summed E-state index contributed by atoms with van der Waals surface area (Å²) in [4.78, 5) is 27.7. The van der Waals surface area contributed by atoms with Gasteiger partial charge in [0.1, 0.15) is 17.2 Å². The molecule has 3 aromatic rings. The molecule has 6 nitrogen and oxygen atoms in total. The smallest absolute Gasteiger partial charge is 0.282 e. The van der Waals surface area contributed by atoms with Crippen molar-refractivity contribution >= 4 is 28.8 Å². The van der Waals surface area contributed by atoms with Crippen molar-refractivity contribution in [3.63, 3.8) is 0 Å². The molecule has 4 rings (SSSR count). The van der Waals surface area contributed by atoms with E-state index in [1.165, 1.54) is 13.2 Å². The zero-order valence-corrected chi connectivity index (χ0v) is 17.9. The van der Waals surface area contributed by atoms with Gasteiger partial charge in [0.05, 0.1) is 25.0 Å². The number of carbonyl (C=O) groups excluding carboxylic acids is 2. The molecule has 0 atom stereocenters. The van der Waals surface area contributed by atoms with Gasteiger partial charge in [0.25, 0.3) is 11.8 Å². The monoisotopic (exact) mass is 450 g/mol. The summed E-state index contributed by atoms with van der Waals surface area (Å²) in [5, 5.41) is 3.01. The summed E-state index contributed by atoms with van der Waals surface area (Å²) in [5.74, 6) is -2.70. The third-order valence-electron chi connectivity index (χ3n) is 5.04. The Morgan fingerprint density at radius 3 is 2.42 bits per heavy atom. The lowest BCUT2D eigenvalue weighted by Gasteiger charge is -2.16. The molecule has 0 aliphatic carbocycles. The second-order valence-corrected chi connectivity index (χ2v) is 7.08. The quantitative estimate of drug-likeness (QED) is 0.526. The van der Waals surface area contributed by atoms with Crippen LogP contribution < -0.4 is 19.7 Å². The molecule has 1 N–H and O–H groups in total. The molecule has 8 heteroatoms. The van der Waals surface area contributed by atoms with Gasteiger partial charge in [-0.1, -0.05) is 24.3 Å². The first kappa shape index (κ1) is 22.0. The van der Waals surface area contributed by atoms with Gasteiger partial charge in [-0.05, 0) is 37.3 Å². The molecule has 3 aromatic carbocycles. The second-order valence-electron chi connectivity index (χ2n) is 7.08. The Balaban J connectivity index is 1.84. The number of rotatable bonds is 7. The Hall–Kier alpha value is -4.20. The average molecular weight is 450 g/mol. The zero-order chi connectivity index (χ0) is 23.5. The van der Waals surface area contributed by atoms with Crippen molar-refractivity contribution in [2.24, 2.45) is 0 Å². The van der Waals surface area contributed by atoms with Crippen LogP contribution in [0.4, 0.5) is 20.2 Å². The van der Waals surface area contributed by atoms with Crippen LogP contribution in [-0.2, 0) is 9.59 Å². The summed E-state index contributed by atoms with van der Waals surface area (Å²) in [6, 6.07) is 16.5. The molecule has 0 aromatic heterocycles. The number of para-hydroxylation sites is 1. The standard InChI is InChI=1S/C25H20F2N2O4/c1-3-33-17-8-6-7-15(13-17)28-23-22(18-9-4-5-10-21(18)32-2)24(30)29(25(23)31)16-11-12-19(26)20(27)14-16/h4-14,28H,3H2,1-2H3. The SMILES string of the molecule is CCOc1cccc(NC2=C(c3ccccc3OC)C(=O)N(c3ccc(F)c(F)c3)C2=O)c1. The van der Waals surface area contributed by atoms with Crippen LogP contribution in [0.5, 0.6) is 11.5 Å². The molecule has 0 radical (unpaired) electrons. The number of hydrogen-bond donors (Lipinski definition) is 1. The highest BCUT2D eigenvalue weighted by atomic mass is 19.2. The van der Waals surface area contributed by atoms with Gasteiger partial charge in [0, 0.05) is 23.4 Å². The maximum absolute atomic E-state index is 13.9. The van der Waals surface area contributed by atoms with E-state index >= 15 is 0 Å². The van der Waals surface area contributed by atoms with Crippen LogP contribution in [0.2, 0.25) is 0 Å². The number of hydrogen-bond acceptors (Lipinski definition) is 5. The Bertz CT molecular complexity index is 1270. The van der Waals surface area contributed by atoms with Gasteiger partial charge in [-0.25, -0.2) is 13.7 Å². The van der Waals surface area contributed by atoms with Gasteiger partial charge in [0.15, 0.2) is 11.6 Å². The summed E-state index contributed by atoms with van der Waals surface area (Å²) in [5.41, 5.74) is 0.826. The van der Waals surface area contributed by atoms with E-state index in [-0.39, 0.29) is 17.0 Å². The van der Waals surface area contributed by atoms with Gasteiger partial charge in [0.2, 0.25) is 0 Å². The average Bonchev–Trinajstić information content (AvgIpc) is 3.05. The molecule has 0 saturated heterocycles. The lowest BCUT2D eigenvalue weighted by molar-refractivity contribution is -0.120. The maximum Gasteiger partial charge on any atom is 0.282 e. The zero-order valence-electron chi connectivity index (χ0n) is 17.9. The molecule has 2 amide bonds. The Morgan fingerprint density at radius 1 is 0.909 bits per heavy atom. The number of amides is 2. The number of ether oxygens (including phenoxy) is 2. The Kier molecular flexibility index (Phi) is 6.08. The van der Waals surface area contributed by atoms with E-state index in [1.54, 1.807) is 48.5 Å². The van der Waals surface area contributed by atoms with E-state index in [2.05, 4.69) is 5.32 Å². The van der Waals surface area contributed by atoms with Crippen molar-refractivity contribution in [2.45, 2.75) is 6.92 Å². The fourth-order valence-electron chi connectivity index (χ4n) is 3.58. The first-order valence-corrected chi connectivity index (χ1v) is 10.2. The first-order chi connectivity index (χ1) is 15.9. The van der Waals surface area contributed by atoms with Gasteiger partial charge in [-0.2, -0.15) is 0 Å². The molecule has 0 fully saturated rings. The van der Waals surface area contributed by atoms with E-state index in [1.807, 2.05) is 6.92 Å². The summed E-state index contributed by atoms with van der Waals surface area (Å²) in [7, 11) is 1.45. The van der Waals surface area contributed by atoms with Crippen molar-refractivity contribution in [3.8, 4) is 11.5 Å². The van der Waals surface area contributed by atoms with Crippen LogP contribution in [0.3, 0.4) is 0 Å². The molecule has 0 saturated carbocycles. The molecule has 168 valence electrons. The van der Waals surface area contributed by atoms with E-state index in [4.69, 9.17) is 9.47 Å². The van der Waals surface area contributed by atoms with Crippen molar-refractivity contribution in [1.82, 2.24) is 0 Å². The number of nitrogens with zero attached hydrogens (tertiary/aromatic N) is 1. The molecule has 1 aliphatic heterocycles. The summed E-state index contributed by atoms with van der Waals surface area (Å²) in [6.45, 7) is 2.31. The molecule has 0 unspecified atom stereocenters. The van der Waals surface area contributed by atoms with Crippen LogP contribution in [-0.4, -0.2) is 25.5 Å². The third kappa shape index (κ3) is 4.15. The van der Waals surface area contributed by atoms with E-state index in [0.717, 1.165) is 17.0 Å². The summed E-state index contributed by atoms with van der Waals surface area (Å²) < 4.78 is 38.3. The van der Waals surface area contributed by atoms with Gasteiger partial charge in [-0.3, -0.25) is 9.59 Å². The third-order valence-corrected chi connectivity index (χ3v) is 5.04. The van der Waals surface area contributed by atoms with E-state index < -0.39 is 23.4 Å². The largest absolute Gasteiger partial charge is 0.496 e. The maximum atomic E-state index is 13.9. The fraction of sp³-hybridized carbons (Fsp3) is 0.120. The molecule has 0 spiro atoms. The highest BCUT2D eigenvalue weighted by molar-refractivity contribution is 6.46. The van der Waals surface area contributed by atoms with Crippen molar-refractivity contribution < 1.29 is 27.8 Å². The van der Waals surface area contributed by atoms with E-state index in [9.17, 15) is 18.4 Å². The minimum atomic E-state index is -1.17. The minimum Gasteiger partial charge on any atom is -0.496 e. The predicted molar refractivity (Wildman–Crippen MR) is 120 cm³/mol. The number of benzene rings is 3. The van der Waals surface area contributed by atoms with Crippen LogP contribution in [0.1, 0.15) is 12.5 Å². The lowest BCUT2D eigenvalue weighted by Crippen LogP contribution is -2.32. The topological polar surface area (TPSA) is 67.9 Å². The molecule has 1 heterocycles. The number of halogens is 2. The van der Waals surface area contributed by atoms with Gasteiger partial charge < -0.3 is 14.8 Å². The lowest BCUT2D eigenvalue weighted by atomic mass is 10.0. The predicted octanol–water partition coefficient (Wildman–Crippen LogP) is 4.77. The van der Waals surface area contributed by atoms with Crippen LogP contribution >= 0.6 is 0 Å². The molecule has 0 bridgehead atoms. The van der Waals surface area contributed by atoms with Crippen LogP contribution in [0, 0.1) is 11.6 Å². The van der Waals surface area contributed by atoms with Gasteiger partial charge in [-0.15, -0.1) is 0 Å². The molecular weight excluding hydrogens is 430 g/mol. The minimum absolute atomic E-state index is 0.0251. The van der Waals surface area contributed by atoms with Crippen LogP contribution in [0.25, 0.3) is 5.57 Å². The van der Waals surface area contributed by atoms with E-state index in [0.29, 0.717) is 29.4 Å². The Labute approximate surface area is 189 Å². The second kappa shape index (κ2) is 9.12. The highest BCUT2D eigenvalue weighted by Crippen LogP contribution is 2.37. The van der Waals surface area contributed by atoms with Crippen molar-refractivity contribution in [1.29, 1.82) is 0 Å². The number of imide groups is 1. The first-order valence-electron chi connectivity index (χ1n) is 10.2. The molecule has 33 heavy (non-hydrogen) atoms. The van der Waals surface area contributed by atoms with Crippen LogP contribution in [0.15, 0.2) is 72.4 Å². The summed E-state index contributed by atoms with van der Waals surface area (Å²) in [6.07, 6.45) is 0. The van der Waals surface area contributed by atoms with Crippen molar-refractivity contribution in [2.75, 3.05) is 23.9 Å². The number of methoxy groups -OCH3 is 1. The Morgan fingerprint density at radius 2 is 1.70 bits per heavy atom. The molecule has 1 aliphatic rings. The van der Waals surface area contributed by atoms with Crippen molar-refractivity contribution in [3.05, 3.63) is 89.6 Å².